The van der Waals surface area contributed by atoms with E-state index in [-0.39, 0.29) is 1.43 Å². The molecule has 1 atom stereocenters. The van der Waals surface area contributed by atoms with Crippen molar-refractivity contribution in [2.75, 3.05) is 39.3 Å². The highest BCUT2D eigenvalue weighted by Crippen LogP contribution is 2.19. The van der Waals surface area contributed by atoms with Crippen molar-refractivity contribution in [3.8, 4) is 0 Å². The van der Waals surface area contributed by atoms with Crippen LogP contribution in [-0.4, -0.2) is 55.1 Å². The Bertz CT molecular complexity index is 253. The molecule has 2 N–H and O–H groups in total. The van der Waals surface area contributed by atoms with Crippen LogP contribution >= 0.6 is 0 Å². The molecule has 0 amide bonds. The molecule has 2 aliphatic rings. The molecule has 0 radical (unpaired) electrons. The minimum absolute atomic E-state index is 0. The predicted molar refractivity (Wildman–Crippen MR) is 95.7 cm³/mol. The van der Waals surface area contributed by atoms with E-state index < -0.39 is 0 Å². The van der Waals surface area contributed by atoms with Crippen LogP contribution in [0.1, 0.15) is 61.2 Å². The second kappa shape index (κ2) is 10.6. The SMILES string of the molecule is CC(C)N1CCC[C@H](C)C1.CCC1CCN(CCN)CC1.[HH]. The van der Waals surface area contributed by atoms with Gasteiger partial charge in [0.25, 0.3) is 0 Å². The lowest BCUT2D eigenvalue weighted by atomic mass is 9.94. The molecule has 0 unspecified atom stereocenters. The van der Waals surface area contributed by atoms with Gasteiger partial charge in [-0.1, -0.05) is 20.3 Å². The lowest BCUT2D eigenvalue weighted by Gasteiger charge is -2.33. The van der Waals surface area contributed by atoms with E-state index in [9.17, 15) is 0 Å². The van der Waals surface area contributed by atoms with Gasteiger partial charge in [-0.2, -0.15) is 0 Å². The molecule has 0 saturated carbocycles. The van der Waals surface area contributed by atoms with Gasteiger partial charge in [0.1, 0.15) is 0 Å². The molecule has 0 bridgehead atoms. The highest BCUT2D eigenvalue weighted by atomic mass is 15.2. The molecule has 3 heteroatoms. The van der Waals surface area contributed by atoms with Gasteiger partial charge in [0.05, 0.1) is 0 Å². The summed E-state index contributed by atoms with van der Waals surface area (Å²) in [6.07, 6.45) is 6.96. The topological polar surface area (TPSA) is 32.5 Å². The predicted octanol–water partition coefficient (Wildman–Crippen LogP) is 3.44. The Morgan fingerprint density at radius 3 is 2.24 bits per heavy atom. The molecule has 2 fully saturated rings. The monoisotopic (exact) mass is 299 g/mol. The minimum Gasteiger partial charge on any atom is -0.329 e. The molecular weight excluding hydrogens is 258 g/mol. The molecule has 2 rings (SSSR count). The van der Waals surface area contributed by atoms with Crippen molar-refractivity contribution >= 4 is 0 Å². The van der Waals surface area contributed by atoms with Crippen LogP contribution in [0.2, 0.25) is 0 Å². The molecule has 21 heavy (non-hydrogen) atoms. The third-order valence-corrected chi connectivity index (χ3v) is 5.15. The van der Waals surface area contributed by atoms with E-state index in [2.05, 4.69) is 37.5 Å². The van der Waals surface area contributed by atoms with Crippen molar-refractivity contribution in [1.82, 2.24) is 9.80 Å². The van der Waals surface area contributed by atoms with Crippen LogP contribution in [0, 0.1) is 11.8 Å². The lowest BCUT2D eigenvalue weighted by molar-refractivity contribution is 0.147. The van der Waals surface area contributed by atoms with Crippen molar-refractivity contribution in [2.24, 2.45) is 17.6 Å². The van der Waals surface area contributed by atoms with Gasteiger partial charge in [-0.3, -0.25) is 0 Å². The highest BCUT2D eigenvalue weighted by molar-refractivity contribution is 4.72. The zero-order valence-electron chi connectivity index (χ0n) is 15.0. The molecule has 0 aliphatic carbocycles. The Kier molecular flexibility index (Phi) is 9.54. The smallest absolute Gasteiger partial charge is 0.0105 e. The molecule has 0 spiro atoms. The molecule has 2 aliphatic heterocycles. The van der Waals surface area contributed by atoms with Crippen LogP contribution < -0.4 is 5.73 Å². The summed E-state index contributed by atoms with van der Waals surface area (Å²) in [5.74, 6) is 1.92. The summed E-state index contributed by atoms with van der Waals surface area (Å²) >= 11 is 0. The maximum atomic E-state index is 5.48. The maximum Gasteiger partial charge on any atom is 0.0105 e. The van der Waals surface area contributed by atoms with Gasteiger partial charge >= 0.3 is 0 Å². The maximum absolute atomic E-state index is 5.48. The fraction of sp³-hybridized carbons (Fsp3) is 1.00. The molecule has 128 valence electrons. The van der Waals surface area contributed by atoms with Crippen molar-refractivity contribution < 1.29 is 1.43 Å². The molecule has 0 aromatic rings. The van der Waals surface area contributed by atoms with E-state index >= 15 is 0 Å². The summed E-state index contributed by atoms with van der Waals surface area (Å²) < 4.78 is 0. The first-order valence-electron chi connectivity index (χ1n) is 9.23. The Morgan fingerprint density at radius 1 is 1.14 bits per heavy atom. The van der Waals surface area contributed by atoms with Gasteiger partial charge in [0.2, 0.25) is 0 Å². The zero-order chi connectivity index (χ0) is 15.7. The average molecular weight is 300 g/mol. The normalized spacial score (nSPS) is 25.7. The fourth-order valence-electron chi connectivity index (χ4n) is 3.50. The first-order chi connectivity index (χ1) is 10.1. The first kappa shape index (κ1) is 18.9. The lowest BCUT2D eigenvalue weighted by Crippen LogP contribution is -2.38. The van der Waals surface area contributed by atoms with Crippen LogP contribution in [0.15, 0.2) is 0 Å². The summed E-state index contributed by atoms with van der Waals surface area (Å²) in [6.45, 7) is 16.3. The first-order valence-corrected chi connectivity index (χ1v) is 9.23. The second-order valence-corrected chi connectivity index (χ2v) is 7.32. The fourth-order valence-corrected chi connectivity index (χ4v) is 3.50. The molecular formula is C18H41N3. The summed E-state index contributed by atoms with van der Waals surface area (Å²) in [4.78, 5) is 5.06. The number of rotatable bonds is 4. The Hall–Kier alpha value is -0.120. The standard InChI is InChI=1S/C9H20N2.C9H19N.H2/c1-2-9-3-6-11(7-4-9)8-5-10;1-8(2)10-6-4-5-9(3)7-10;/h9H,2-8,10H2,1H3;8-9H,4-7H2,1-3H3;1H/t;9-;/m.0./s1. The van der Waals surface area contributed by atoms with E-state index in [1.54, 1.807) is 0 Å². The second-order valence-electron chi connectivity index (χ2n) is 7.32. The van der Waals surface area contributed by atoms with Crippen LogP contribution in [0.5, 0.6) is 0 Å². The quantitative estimate of drug-likeness (QED) is 0.863. The Morgan fingerprint density at radius 2 is 1.81 bits per heavy atom. The van der Waals surface area contributed by atoms with Crippen LogP contribution in [0.3, 0.4) is 0 Å². The van der Waals surface area contributed by atoms with Crippen molar-refractivity contribution in [2.45, 2.75) is 65.8 Å². The zero-order valence-corrected chi connectivity index (χ0v) is 15.0. The molecule has 0 aromatic heterocycles. The molecule has 2 saturated heterocycles. The van der Waals surface area contributed by atoms with E-state index in [1.165, 1.54) is 58.3 Å². The summed E-state index contributed by atoms with van der Waals surface area (Å²) in [5.41, 5.74) is 5.48. The average Bonchev–Trinajstić information content (AvgIpc) is 2.49. The van der Waals surface area contributed by atoms with E-state index in [0.717, 1.165) is 31.0 Å². The summed E-state index contributed by atoms with van der Waals surface area (Å²) in [5, 5.41) is 0. The number of nitrogens with zero attached hydrogens (tertiary/aromatic N) is 2. The van der Waals surface area contributed by atoms with Crippen LogP contribution in [-0.2, 0) is 0 Å². The number of nitrogens with two attached hydrogens (primary N) is 1. The number of hydrogen-bond acceptors (Lipinski definition) is 3. The van der Waals surface area contributed by atoms with Crippen LogP contribution in [0.4, 0.5) is 0 Å². The summed E-state index contributed by atoms with van der Waals surface area (Å²) in [6, 6.07) is 0.753. The highest BCUT2D eigenvalue weighted by Gasteiger charge is 2.17. The van der Waals surface area contributed by atoms with Gasteiger partial charge in [-0.25, -0.2) is 0 Å². The molecule has 2 heterocycles. The number of piperidine rings is 2. The minimum atomic E-state index is 0. The number of hydrogen-bond donors (Lipinski definition) is 1. The van der Waals surface area contributed by atoms with Gasteiger partial charge < -0.3 is 15.5 Å². The van der Waals surface area contributed by atoms with Gasteiger partial charge in [-0.05, 0) is 71.0 Å². The van der Waals surface area contributed by atoms with Crippen LogP contribution in [0.25, 0.3) is 0 Å². The molecule has 0 aromatic carbocycles. The third kappa shape index (κ3) is 7.62. The van der Waals surface area contributed by atoms with E-state index in [4.69, 9.17) is 5.73 Å². The van der Waals surface area contributed by atoms with Gasteiger partial charge in [0, 0.05) is 27.1 Å². The summed E-state index contributed by atoms with van der Waals surface area (Å²) in [7, 11) is 0. The van der Waals surface area contributed by atoms with Crippen molar-refractivity contribution in [3.05, 3.63) is 0 Å². The Balaban J connectivity index is 0.000000385. The van der Waals surface area contributed by atoms with Gasteiger partial charge in [0.15, 0.2) is 0 Å². The third-order valence-electron chi connectivity index (χ3n) is 5.15. The van der Waals surface area contributed by atoms with Crippen molar-refractivity contribution in [3.63, 3.8) is 0 Å². The van der Waals surface area contributed by atoms with Crippen molar-refractivity contribution in [1.29, 1.82) is 0 Å². The molecule has 3 nitrogen and oxygen atoms in total. The number of likely N-dealkylation sites (tertiary alicyclic amines) is 2. The largest absolute Gasteiger partial charge is 0.329 e. The van der Waals surface area contributed by atoms with Gasteiger partial charge in [-0.15, -0.1) is 0 Å². The van der Waals surface area contributed by atoms with E-state index in [1.807, 2.05) is 0 Å². The Labute approximate surface area is 134 Å². The van der Waals surface area contributed by atoms with E-state index in [0.29, 0.717) is 0 Å².